The van der Waals surface area contributed by atoms with Crippen LogP contribution in [-0.2, 0) is 19.7 Å². The molecule has 0 amide bonds. The van der Waals surface area contributed by atoms with Gasteiger partial charge >= 0.3 is 0 Å². The van der Waals surface area contributed by atoms with Crippen molar-refractivity contribution in [1.82, 2.24) is 5.32 Å². The Balaban J connectivity index is 1.29. The topological polar surface area (TPSA) is 39.7 Å². The van der Waals surface area contributed by atoms with Crippen molar-refractivity contribution in [2.24, 2.45) is 0 Å². The second kappa shape index (κ2) is 8.86. The second-order valence-electron chi connectivity index (χ2n) is 6.47. The fraction of sp³-hybridized carbons (Fsp3) is 0.182. The smallest absolute Gasteiger partial charge is 0.231 e. The lowest BCUT2D eigenvalue weighted by Gasteiger charge is -2.11. The van der Waals surface area contributed by atoms with Crippen LogP contribution < -0.4 is 19.5 Å². The fourth-order valence-electron chi connectivity index (χ4n) is 2.92. The summed E-state index contributed by atoms with van der Waals surface area (Å²) in [6.45, 7) is 2.30. The highest BCUT2D eigenvalue weighted by atomic mass is 79.9. The summed E-state index contributed by atoms with van der Waals surface area (Å²) < 4.78 is 17.6. The minimum atomic E-state index is 0.298. The number of fused-ring (bicyclic) bond motifs is 1. The molecule has 0 saturated carbocycles. The van der Waals surface area contributed by atoms with Crippen LogP contribution in [0.25, 0.3) is 0 Å². The van der Waals surface area contributed by atoms with Crippen LogP contribution in [0.15, 0.2) is 65.1 Å². The molecule has 0 aromatic heterocycles. The Hall–Kier alpha value is -2.21. The van der Waals surface area contributed by atoms with Gasteiger partial charge in [-0.15, -0.1) is 0 Å². The van der Waals surface area contributed by atoms with Gasteiger partial charge in [0, 0.05) is 18.1 Å². The summed E-state index contributed by atoms with van der Waals surface area (Å²) in [7, 11) is 0. The van der Waals surface area contributed by atoms with Crippen LogP contribution in [0.3, 0.4) is 0 Å². The molecule has 28 heavy (non-hydrogen) atoms. The maximum atomic E-state index is 5.91. The highest BCUT2D eigenvalue weighted by Crippen LogP contribution is 2.32. The third-order valence-corrected chi connectivity index (χ3v) is 5.27. The van der Waals surface area contributed by atoms with E-state index in [9.17, 15) is 0 Å². The summed E-state index contributed by atoms with van der Waals surface area (Å²) in [5, 5.41) is 4.17. The van der Waals surface area contributed by atoms with Gasteiger partial charge in [0.15, 0.2) is 11.5 Å². The second-order valence-corrected chi connectivity index (χ2v) is 7.76. The molecular formula is C22H19BrClNO3. The van der Waals surface area contributed by atoms with Crippen LogP contribution in [0, 0.1) is 0 Å². The van der Waals surface area contributed by atoms with Gasteiger partial charge in [-0.25, -0.2) is 0 Å². The Morgan fingerprint density at radius 3 is 2.32 bits per heavy atom. The highest BCUT2D eigenvalue weighted by molar-refractivity contribution is 9.10. The van der Waals surface area contributed by atoms with E-state index in [2.05, 4.69) is 33.4 Å². The Labute approximate surface area is 177 Å². The maximum absolute atomic E-state index is 5.91. The maximum Gasteiger partial charge on any atom is 0.231 e. The van der Waals surface area contributed by atoms with E-state index in [0.717, 1.165) is 51.0 Å². The zero-order chi connectivity index (χ0) is 19.3. The van der Waals surface area contributed by atoms with Crippen molar-refractivity contribution >= 4 is 27.5 Å². The molecular weight excluding hydrogens is 442 g/mol. The molecule has 1 N–H and O–H groups in total. The van der Waals surface area contributed by atoms with E-state index in [1.807, 2.05) is 48.5 Å². The van der Waals surface area contributed by atoms with E-state index in [4.69, 9.17) is 25.8 Å². The van der Waals surface area contributed by atoms with Crippen molar-refractivity contribution in [1.29, 1.82) is 0 Å². The van der Waals surface area contributed by atoms with Crippen LogP contribution in [-0.4, -0.2) is 6.79 Å². The van der Waals surface area contributed by atoms with Crippen LogP contribution in [0.4, 0.5) is 0 Å². The number of hydrogen-bond acceptors (Lipinski definition) is 4. The first kappa shape index (κ1) is 19.1. The largest absolute Gasteiger partial charge is 0.488 e. The molecule has 0 spiro atoms. The number of benzene rings is 3. The van der Waals surface area contributed by atoms with E-state index < -0.39 is 0 Å². The molecule has 144 valence electrons. The molecule has 4 rings (SSSR count). The quantitative estimate of drug-likeness (QED) is 0.491. The van der Waals surface area contributed by atoms with Gasteiger partial charge < -0.3 is 19.5 Å². The first-order chi connectivity index (χ1) is 13.7. The SMILES string of the molecule is Clc1ccc(COc2ccc(CNCc3ccc4c(c3)OCO4)cc2Br)cc1. The molecule has 0 aliphatic carbocycles. The fourth-order valence-corrected chi connectivity index (χ4v) is 3.58. The van der Waals surface area contributed by atoms with Crippen molar-refractivity contribution in [3.8, 4) is 17.2 Å². The summed E-state index contributed by atoms with van der Waals surface area (Å²) in [4.78, 5) is 0. The van der Waals surface area contributed by atoms with Crippen molar-refractivity contribution < 1.29 is 14.2 Å². The molecule has 1 heterocycles. The van der Waals surface area contributed by atoms with Gasteiger partial charge in [-0.3, -0.25) is 0 Å². The number of ether oxygens (including phenoxy) is 3. The number of rotatable bonds is 7. The summed E-state index contributed by atoms with van der Waals surface area (Å²) in [6.07, 6.45) is 0. The van der Waals surface area contributed by atoms with Gasteiger partial charge in [0.2, 0.25) is 6.79 Å². The van der Waals surface area contributed by atoms with Crippen molar-refractivity contribution in [3.05, 3.63) is 86.8 Å². The Bertz CT molecular complexity index is 962. The monoisotopic (exact) mass is 459 g/mol. The molecule has 0 saturated heterocycles. The molecule has 0 bridgehead atoms. The molecule has 1 aliphatic rings. The zero-order valence-corrected chi connectivity index (χ0v) is 17.4. The van der Waals surface area contributed by atoms with Crippen LogP contribution in [0.2, 0.25) is 5.02 Å². The Kier molecular flexibility index (Phi) is 6.05. The lowest BCUT2D eigenvalue weighted by atomic mass is 10.2. The summed E-state index contributed by atoms with van der Waals surface area (Å²) >= 11 is 9.51. The molecule has 6 heteroatoms. The van der Waals surface area contributed by atoms with Crippen molar-refractivity contribution in [2.75, 3.05) is 6.79 Å². The van der Waals surface area contributed by atoms with Gasteiger partial charge in [-0.2, -0.15) is 0 Å². The molecule has 0 radical (unpaired) electrons. The zero-order valence-electron chi connectivity index (χ0n) is 15.1. The predicted octanol–water partition coefficient (Wildman–Crippen LogP) is 5.70. The van der Waals surface area contributed by atoms with Gasteiger partial charge in [0.25, 0.3) is 0 Å². The predicted molar refractivity (Wildman–Crippen MR) is 113 cm³/mol. The summed E-state index contributed by atoms with van der Waals surface area (Å²) in [6, 6.07) is 19.8. The summed E-state index contributed by atoms with van der Waals surface area (Å²) in [5.74, 6) is 2.43. The molecule has 3 aromatic rings. The lowest BCUT2D eigenvalue weighted by molar-refractivity contribution is 0.174. The van der Waals surface area contributed by atoms with Crippen LogP contribution in [0.5, 0.6) is 17.2 Å². The minimum Gasteiger partial charge on any atom is -0.488 e. The standard InChI is InChI=1S/C22H19BrClNO3/c23-19-9-16(3-7-20(19)26-13-15-1-5-18(24)6-2-15)11-25-12-17-4-8-21-22(10-17)28-14-27-21/h1-10,25H,11-14H2. The van der Waals surface area contributed by atoms with E-state index in [1.165, 1.54) is 5.56 Å². The highest BCUT2D eigenvalue weighted by Gasteiger charge is 2.13. The number of hydrogen-bond donors (Lipinski definition) is 1. The Morgan fingerprint density at radius 1 is 0.857 bits per heavy atom. The van der Waals surface area contributed by atoms with Gasteiger partial charge in [-0.05, 0) is 69.0 Å². The molecule has 0 atom stereocenters. The van der Waals surface area contributed by atoms with E-state index in [-0.39, 0.29) is 0 Å². The summed E-state index contributed by atoms with van der Waals surface area (Å²) in [5.41, 5.74) is 3.41. The third kappa shape index (κ3) is 4.79. The number of halogens is 2. The van der Waals surface area contributed by atoms with Crippen molar-refractivity contribution in [2.45, 2.75) is 19.7 Å². The van der Waals surface area contributed by atoms with Gasteiger partial charge in [-0.1, -0.05) is 35.9 Å². The molecule has 0 unspecified atom stereocenters. The lowest BCUT2D eigenvalue weighted by Crippen LogP contribution is -2.12. The normalized spacial score (nSPS) is 12.2. The van der Waals surface area contributed by atoms with Crippen LogP contribution >= 0.6 is 27.5 Å². The molecule has 0 fully saturated rings. The molecule has 3 aromatic carbocycles. The third-order valence-electron chi connectivity index (χ3n) is 4.40. The van der Waals surface area contributed by atoms with E-state index >= 15 is 0 Å². The number of nitrogens with one attached hydrogen (secondary N) is 1. The van der Waals surface area contributed by atoms with Crippen LogP contribution in [0.1, 0.15) is 16.7 Å². The van der Waals surface area contributed by atoms with E-state index in [0.29, 0.717) is 13.4 Å². The Morgan fingerprint density at radius 2 is 1.54 bits per heavy atom. The first-order valence-electron chi connectivity index (χ1n) is 8.92. The van der Waals surface area contributed by atoms with Gasteiger partial charge in [0.05, 0.1) is 4.47 Å². The first-order valence-corrected chi connectivity index (χ1v) is 10.1. The van der Waals surface area contributed by atoms with Gasteiger partial charge in [0.1, 0.15) is 12.4 Å². The van der Waals surface area contributed by atoms with Crippen molar-refractivity contribution in [3.63, 3.8) is 0 Å². The molecule has 1 aliphatic heterocycles. The molecule has 4 nitrogen and oxygen atoms in total. The minimum absolute atomic E-state index is 0.298. The average Bonchev–Trinajstić information content (AvgIpc) is 3.16. The average molecular weight is 461 g/mol. The van der Waals surface area contributed by atoms with E-state index in [1.54, 1.807) is 0 Å².